The minimum Gasteiger partial charge on any atom is -0.354 e. The van der Waals surface area contributed by atoms with Gasteiger partial charge in [-0.2, -0.15) is 0 Å². The van der Waals surface area contributed by atoms with Gasteiger partial charge in [0, 0.05) is 32.5 Å². The Morgan fingerprint density at radius 2 is 1.48 bits per heavy atom. The number of anilines is 1. The quantitative estimate of drug-likeness (QED) is 0.264. The molecule has 0 aliphatic carbocycles. The summed E-state index contributed by atoms with van der Waals surface area (Å²) in [6.07, 6.45) is 3.24. The van der Waals surface area contributed by atoms with Crippen molar-refractivity contribution in [1.29, 1.82) is 0 Å². The Bertz CT molecular complexity index is 1340. The molecule has 0 aliphatic rings. The van der Waals surface area contributed by atoms with Gasteiger partial charge < -0.3 is 10.2 Å². The smallest absolute Gasteiger partial charge is 0.243 e. The topological polar surface area (TPSA) is 86.8 Å². The number of hydrogen-bond acceptors (Lipinski definition) is 4. The largest absolute Gasteiger partial charge is 0.354 e. The second-order valence-electron chi connectivity index (χ2n) is 9.75. The average Bonchev–Trinajstić information content (AvgIpc) is 2.94. The first-order valence-corrected chi connectivity index (χ1v) is 15.4. The first kappa shape index (κ1) is 30.8. The summed E-state index contributed by atoms with van der Waals surface area (Å²) >= 11 is 0. The van der Waals surface area contributed by atoms with Crippen LogP contribution in [0.3, 0.4) is 0 Å². The molecule has 0 aliphatic heterocycles. The standard InChI is InChI=1S/C31H38FN3O4S/c1-3-4-21-33-31(37)29(23-25-14-7-5-8-15-25)34(24-26-16-9-6-10-17-26)30(36)20-13-22-35(40(2,38)39)28-19-12-11-18-27(28)32/h5-12,14-19,29H,3-4,13,20-24H2,1-2H3,(H,33,37)/t29-/m0/s1. The van der Waals surface area contributed by atoms with E-state index in [2.05, 4.69) is 5.32 Å². The zero-order valence-corrected chi connectivity index (χ0v) is 23.9. The molecule has 1 N–H and O–H groups in total. The van der Waals surface area contributed by atoms with Gasteiger partial charge in [0.2, 0.25) is 21.8 Å². The number of carbonyl (C=O) groups excluding carboxylic acids is 2. The van der Waals surface area contributed by atoms with Crippen molar-refractivity contribution < 1.29 is 22.4 Å². The van der Waals surface area contributed by atoms with E-state index in [1.54, 1.807) is 11.0 Å². The SMILES string of the molecule is CCCCNC(=O)[C@H](Cc1ccccc1)N(Cc1ccccc1)C(=O)CCCN(c1ccccc1F)S(C)(=O)=O. The molecule has 0 fully saturated rings. The summed E-state index contributed by atoms with van der Waals surface area (Å²) in [5.41, 5.74) is 1.74. The van der Waals surface area contributed by atoms with Gasteiger partial charge in [0.15, 0.2) is 0 Å². The predicted molar refractivity (Wildman–Crippen MR) is 157 cm³/mol. The molecule has 7 nitrogen and oxygen atoms in total. The number of carbonyl (C=O) groups is 2. The third-order valence-electron chi connectivity index (χ3n) is 6.57. The lowest BCUT2D eigenvalue weighted by atomic mass is 10.0. The van der Waals surface area contributed by atoms with Gasteiger partial charge in [0.25, 0.3) is 0 Å². The van der Waals surface area contributed by atoms with Crippen molar-refractivity contribution in [3.8, 4) is 0 Å². The number of benzene rings is 3. The highest BCUT2D eigenvalue weighted by Crippen LogP contribution is 2.23. The molecule has 0 saturated carbocycles. The molecule has 3 aromatic rings. The van der Waals surface area contributed by atoms with E-state index in [-0.39, 0.29) is 43.4 Å². The molecular formula is C31H38FN3O4S. The number of unbranched alkanes of at least 4 members (excludes halogenated alkanes) is 1. The zero-order chi connectivity index (χ0) is 29.0. The molecule has 0 heterocycles. The van der Waals surface area contributed by atoms with Crippen LogP contribution < -0.4 is 9.62 Å². The minimum absolute atomic E-state index is 0.0131. The summed E-state index contributed by atoms with van der Waals surface area (Å²) in [5.74, 6) is -1.17. The molecule has 0 unspecified atom stereocenters. The molecule has 2 amide bonds. The molecule has 214 valence electrons. The number of rotatable bonds is 15. The molecule has 0 spiro atoms. The molecule has 40 heavy (non-hydrogen) atoms. The third-order valence-corrected chi connectivity index (χ3v) is 7.75. The van der Waals surface area contributed by atoms with E-state index < -0.39 is 21.9 Å². The second-order valence-corrected chi connectivity index (χ2v) is 11.7. The molecule has 3 aromatic carbocycles. The maximum atomic E-state index is 14.4. The van der Waals surface area contributed by atoms with E-state index in [9.17, 15) is 22.4 Å². The lowest BCUT2D eigenvalue weighted by Crippen LogP contribution is -2.50. The lowest BCUT2D eigenvalue weighted by molar-refractivity contribution is -0.141. The van der Waals surface area contributed by atoms with Crippen molar-refractivity contribution in [2.75, 3.05) is 23.7 Å². The number of nitrogens with zero attached hydrogens (tertiary/aromatic N) is 2. The van der Waals surface area contributed by atoms with Gasteiger partial charge in [-0.15, -0.1) is 0 Å². The van der Waals surface area contributed by atoms with Crippen LogP contribution in [0.15, 0.2) is 84.9 Å². The molecule has 0 radical (unpaired) electrons. The fourth-order valence-electron chi connectivity index (χ4n) is 4.48. The van der Waals surface area contributed by atoms with E-state index in [4.69, 9.17) is 0 Å². The van der Waals surface area contributed by atoms with Crippen molar-refractivity contribution >= 4 is 27.5 Å². The van der Waals surface area contributed by atoms with Gasteiger partial charge in [0.1, 0.15) is 11.9 Å². The summed E-state index contributed by atoms with van der Waals surface area (Å²) in [4.78, 5) is 28.8. The van der Waals surface area contributed by atoms with Crippen molar-refractivity contribution in [2.24, 2.45) is 0 Å². The molecular weight excluding hydrogens is 529 g/mol. The normalized spacial score (nSPS) is 12.0. The number of amides is 2. The number of sulfonamides is 1. The summed E-state index contributed by atoms with van der Waals surface area (Å²) in [5, 5.41) is 2.98. The maximum absolute atomic E-state index is 14.4. The zero-order valence-electron chi connectivity index (χ0n) is 23.1. The maximum Gasteiger partial charge on any atom is 0.243 e. The first-order valence-electron chi connectivity index (χ1n) is 13.6. The Kier molecular flexibility index (Phi) is 11.7. The third kappa shape index (κ3) is 9.19. The Morgan fingerprint density at radius 3 is 2.08 bits per heavy atom. The Morgan fingerprint density at radius 1 is 0.875 bits per heavy atom. The Labute approximate surface area is 237 Å². The van der Waals surface area contributed by atoms with Gasteiger partial charge in [0.05, 0.1) is 11.9 Å². The minimum atomic E-state index is -3.79. The number of halogens is 1. The van der Waals surface area contributed by atoms with Crippen LogP contribution in [0.2, 0.25) is 0 Å². The highest BCUT2D eigenvalue weighted by molar-refractivity contribution is 7.92. The van der Waals surface area contributed by atoms with Crippen LogP contribution in [0.25, 0.3) is 0 Å². The highest BCUT2D eigenvalue weighted by Gasteiger charge is 2.30. The molecule has 9 heteroatoms. The van der Waals surface area contributed by atoms with Crippen molar-refractivity contribution in [3.63, 3.8) is 0 Å². The summed E-state index contributed by atoms with van der Waals surface area (Å²) in [6, 6.07) is 23.9. The summed E-state index contributed by atoms with van der Waals surface area (Å²) in [6.45, 7) is 2.71. The monoisotopic (exact) mass is 567 g/mol. The van der Waals surface area contributed by atoms with E-state index in [1.807, 2.05) is 67.6 Å². The van der Waals surface area contributed by atoms with Crippen LogP contribution in [-0.2, 0) is 32.6 Å². The van der Waals surface area contributed by atoms with Crippen LogP contribution in [0.5, 0.6) is 0 Å². The van der Waals surface area contributed by atoms with E-state index in [1.165, 1.54) is 18.2 Å². The van der Waals surface area contributed by atoms with Crippen LogP contribution in [0, 0.1) is 5.82 Å². The fourth-order valence-corrected chi connectivity index (χ4v) is 5.44. The van der Waals surface area contributed by atoms with Crippen molar-refractivity contribution in [3.05, 3.63) is 102 Å². The molecule has 0 saturated heterocycles. The average molecular weight is 568 g/mol. The van der Waals surface area contributed by atoms with Crippen LogP contribution in [-0.4, -0.2) is 50.5 Å². The van der Waals surface area contributed by atoms with Gasteiger partial charge in [-0.1, -0.05) is 86.1 Å². The number of nitrogens with one attached hydrogen (secondary N) is 1. The van der Waals surface area contributed by atoms with E-state index >= 15 is 0 Å². The van der Waals surface area contributed by atoms with Gasteiger partial charge in [-0.25, -0.2) is 12.8 Å². The highest BCUT2D eigenvalue weighted by atomic mass is 32.2. The molecule has 1 atom stereocenters. The van der Waals surface area contributed by atoms with Crippen LogP contribution >= 0.6 is 0 Å². The Balaban J connectivity index is 1.85. The van der Waals surface area contributed by atoms with Crippen LogP contribution in [0.4, 0.5) is 10.1 Å². The predicted octanol–water partition coefficient (Wildman–Crippen LogP) is 4.93. The summed E-state index contributed by atoms with van der Waals surface area (Å²) in [7, 11) is -3.79. The number of para-hydroxylation sites is 1. The molecule has 0 aromatic heterocycles. The van der Waals surface area contributed by atoms with Crippen LogP contribution in [0.1, 0.15) is 43.7 Å². The van der Waals surface area contributed by atoms with Gasteiger partial charge in [-0.05, 0) is 36.1 Å². The molecule has 0 bridgehead atoms. The second kappa shape index (κ2) is 15.2. The van der Waals surface area contributed by atoms with Crippen molar-refractivity contribution in [1.82, 2.24) is 10.2 Å². The van der Waals surface area contributed by atoms with Crippen molar-refractivity contribution in [2.45, 2.75) is 51.6 Å². The van der Waals surface area contributed by atoms with Gasteiger partial charge >= 0.3 is 0 Å². The fraction of sp³-hybridized carbons (Fsp3) is 0.355. The van der Waals surface area contributed by atoms with E-state index in [0.717, 1.165) is 34.5 Å². The lowest BCUT2D eigenvalue weighted by Gasteiger charge is -2.32. The van der Waals surface area contributed by atoms with Gasteiger partial charge in [-0.3, -0.25) is 13.9 Å². The van der Waals surface area contributed by atoms with E-state index in [0.29, 0.717) is 13.0 Å². The number of hydrogen-bond donors (Lipinski definition) is 1. The summed E-state index contributed by atoms with van der Waals surface area (Å²) < 4.78 is 40.4. The molecule has 3 rings (SSSR count). The Hall–Kier alpha value is -3.72. The first-order chi connectivity index (χ1) is 19.2.